The maximum absolute atomic E-state index is 12.8. The van der Waals surface area contributed by atoms with Crippen molar-refractivity contribution in [2.24, 2.45) is 0 Å². The lowest BCUT2D eigenvalue weighted by molar-refractivity contribution is -0.121. The van der Waals surface area contributed by atoms with Gasteiger partial charge in [0, 0.05) is 12.2 Å². The van der Waals surface area contributed by atoms with E-state index in [9.17, 15) is 14.4 Å². The molecule has 1 saturated heterocycles. The molecule has 27 heavy (non-hydrogen) atoms. The first-order chi connectivity index (χ1) is 13.0. The Morgan fingerprint density at radius 3 is 2.74 bits per heavy atom. The molecule has 1 aliphatic heterocycles. The van der Waals surface area contributed by atoms with E-state index in [0.717, 1.165) is 31.2 Å². The first-order valence-electron chi connectivity index (χ1n) is 9.41. The molecule has 7 nitrogen and oxygen atoms in total. The average Bonchev–Trinajstić information content (AvgIpc) is 2.68. The molecule has 0 bridgehead atoms. The van der Waals surface area contributed by atoms with Gasteiger partial charge in [0.2, 0.25) is 5.91 Å². The molecule has 7 heteroatoms. The van der Waals surface area contributed by atoms with E-state index >= 15 is 0 Å². The molecule has 2 rings (SSSR count). The molecule has 1 atom stereocenters. The van der Waals surface area contributed by atoms with Crippen molar-refractivity contribution in [1.29, 1.82) is 0 Å². The molecule has 0 aliphatic carbocycles. The number of hydrogen-bond donors (Lipinski definition) is 1. The van der Waals surface area contributed by atoms with Crippen LogP contribution >= 0.6 is 0 Å². The summed E-state index contributed by atoms with van der Waals surface area (Å²) in [7, 11) is 1.32. The van der Waals surface area contributed by atoms with Crippen LogP contribution in [0.4, 0.5) is 10.5 Å². The number of nitrogens with one attached hydrogen (secondary N) is 1. The highest BCUT2D eigenvalue weighted by molar-refractivity contribution is 5.98. The Morgan fingerprint density at radius 2 is 2.04 bits per heavy atom. The van der Waals surface area contributed by atoms with Crippen LogP contribution in [0.25, 0.3) is 0 Å². The highest BCUT2D eigenvalue weighted by Gasteiger charge is 2.33. The zero-order valence-corrected chi connectivity index (χ0v) is 16.2. The number of likely N-dealkylation sites (tertiary alicyclic amines) is 1. The molecule has 1 heterocycles. The molecular weight excluding hydrogens is 348 g/mol. The van der Waals surface area contributed by atoms with Crippen molar-refractivity contribution in [2.45, 2.75) is 52.0 Å². The maximum Gasteiger partial charge on any atom is 0.410 e. The van der Waals surface area contributed by atoms with Gasteiger partial charge in [0.25, 0.3) is 0 Å². The Morgan fingerprint density at radius 1 is 1.26 bits per heavy atom. The predicted octanol–water partition coefficient (Wildman–Crippen LogP) is 3.51. The van der Waals surface area contributed by atoms with E-state index in [1.807, 2.05) is 6.92 Å². The van der Waals surface area contributed by atoms with Crippen molar-refractivity contribution in [3.63, 3.8) is 0 Å². The number of anilines is 1. The van der Waals surface area contributed by atoms with Gasteiger partial charge < -0.3 is 14.8 Å². The van der Waals surface area contributed by atoms with Crippen LogP contribution in [0.2, 0.25) is 0 Å². The SMILES string of the molecule is CCCCOC(=O)N1CCCC[C@@H]1C(=O)Nc1ccc(C)c(C(=O)OC)c1. The van der Waals surface area contributed by atoms with E-state index in [-0.39, 0.29) is 5.91 Å². The first kappa shape index (κ1) is 20.7. The number of hydrogen-bond acceptors (Lipinski definition) is 5. The number of carbonyl (C=O) groups excluding carboxylic acids is 3. The maximum atomic E-state index is 12.8. The zero-order valence-electron chi connectivity index (χ0n) is 16.2. The van der Waals surface area contributed by atoms with E-state index in [0.29, 0.717) is 30.8 Å². The Kier molecular flexibility index (Phi) is 7.64. The van der Waals surface area contributed by atoms with Gasteiger partial charge in [0.05, 0.1) is 19.3 Å². The topological polar surface area (TPSA) is 84.9 Å². The smallest absolute Gasteiger partial charge is 0.410 e. The molecule has 1 aromatic rings. The lowest BCUT2D eigenvalue weighted by Crippen LogP contribution is -2.50. The largest absolute Gasteiger partial charge is 0.465 e. The summed E-state index contributed by atoms with van der Waals surface area (Å²) in [6, 6.07) is 4.49. The molecule has 1 aromatic carbocycles. The number of unbranched alkanes of at least 4 members (excludes halogenated alkanes) is 1. The fraction of sp³-hybridized carbons (Fsp3) is 0.550. The van der Waals surface area contributed by atoms with Crippen molar-refractivity contribution in [3.8, 4) is 0 Å². The number of carbonyl (C=O) groups is 3. The van der Waals surface area contributed by atoms with E-state index in [4.69, 9.17) is 9.47 Å². The van der Waals surface area contributed by atoms with Gasteiger partial charge in [-0.15, -0.1) is 0 Å². The fourth-order valence-corrected chi connectivity index (χ4v) is 3.06. The Labute approximate surface area is 160 Å². The molecule has 2 amide bonds. The summed E-state index contributed by atoms with van der Waals surface area (Å²) in [5.74, 6) is -0.732. The van der Waals surface area contributed by atoms with E-state index < -0.39 is 18.1 Å². The van der Waals surface area contributed by atoms with Gasteiger partial charge in [-0.3, -0.25) is 9.69 Å². The summed E-state index contributed by atoms with van der Waals surface area (Å²) in [6.07, 6.45) is 3.61. The normalized spacial score (nSPS) is 16.6. The van der Waals surface area contributed by atoms with Crippen molar-refractivity contribution in [1.82, 2.24) is 4.90 Å². The molecule has 0 radical (unpaired) electrons. The van der Waals surface area contributed by atoms with Gasteiger partial charge in [-0.05, 0) is 50.3 Å². The second-order valence-corrected chi connectivity index (χ2v) is 6.68. The summed E-state index contributed by atoms with van der Waals surface area (Å²) in [6.45, 7) is 4.69. The van der Waals surface area contributed by atoms with Crippen LogP contribution < -0.4 is 5.32 Å². The molecule has 0 spiro atoms. The molecule has 1 fully saturated rings. The summed E-state index contributed by atoms with van der Waals surface area (Å²) in [5.41, 5.74) is 1.66. The first-order valence-corrected chi connectivity index (χ1v) is 9.41. The fourth-order valence-electron chi connectivity index (χ4n) is 3.06. The average molecular weight is 376 g/mol. The van der Waals surface area contributed by atoms with Crippen molar-refractivity contribution in [2.75, 3.05) is 25.6 Å². The van der Waals surface area contributed by atoms with Gasteiger partial charge in [-0.2, -0.15) is 0 Å². The van der Waals surface area contributed by atoms with E-state index in [2.05, 4.69) is 5.32 Å². The number of piperidine rings is 1. The summed E-state index contributed by atoms with van der Waals surface area (Å²) >= 11 is 0. The molecule has 1 aliphatic rings. The summed E-state index contributed by atoms with van der Waals surface area (Å²) in [4.78, 5) is 38.4. The quantitative estimate of drug-likeness (QED) is 0.607. The van der Waals surface area contributed by atoms with Gasteiger partial charge in [0.15, 0.2) is 0 Å². The molecule has 148 valence electrons. The molecule has 0 aromatic heterocycles. The van der Waals surface area contributed by atoms with Gasteiger partial charge in [0.1, 0.15) is 6.04 Å². The lowest BCUT2D eigenvalue weighted by atomic mass is 10.0. The van der Waals surface area contributed by atoms with Crippen LogP contribution in [0, 0.1) is 6.92 Å². The van der Waals surface area contributed by atoms with Crippen LogP contribution in [0.15, 0.2) is 18.2 Å². The molecule has 0 saturated carbocycles. The number of ether oxygens (including phenoxy) is 2. The van der Waals surface area contributed by atoms with Crippen LogP contribution in [-0.2, 0) is 14.3 Å². The van der Waals surface area contributed by atoms with Gasteiger partial charge in [-0.1, -0.05) is 19.4 Å². The number of nitrogens with zero attached hydrogens (tertiary/aromatic N) is 1. The van der Waals surface area contributed by atoms with Crippen molar-refractivity contribution >= 4 is 23.7 Å². The number of benzene rings is 1. The Balaban J connectivity index is 2.08. The Hall–Kier alpha value is -2.57. The van der Waals surface area contributed by atoms with Crippen LogP contribution in [0.3, 0.4) is 0 Å². The van der Waals surface area contributed by atoms with E-state index in [1.54, 1.807) is 25.1 Å². The number of esters is 1. The minimum Gasteiger partial charge on any atom is -0.465 e. The standard InChI is InChI=1S/C20H28N2O5/c1-4-5-12-27-20(25)22-11-7-6-8-17(22)18(23)21-15-10-9-14(2)16(13-15)19(24)26-3/h9-10,13,17H,4-8,11-12H2,1-3H3,(H,21,23)/t17-/m1/s1. The summed E-state index contributed by atoms with van der Waals surface area (Å²) in [5, 5.41) is 2.81. The third kappa shape index (κ3) is 5.45. The second kappa shape index (κ2) is 9.94. The van der Waals surface area contributed by atoms with Crippen molar-refractivity contribution < 1.29 is 23.9 Å². The molecule has 1 N–H and O–H groups in total. The number of aryl methyl sites for hydroxylation is 1. The van der Waals surface area contributed by atoms with Crippen LogP contribution in [-0.4, -0.2) is 49.2 Å². The highest BCUT2D eigenvalue weighted by atomic mass is 16.6. The Bertz CT molecular complexity index is 689. The minimum absolute atomic E-state index is 0.276. The zero-order chi connectivity index (χ0) is 19.8. The third-order valence-electron chi connectivity index (χ3n) is 4.67. The number of amides is 2. The van der Waals surface area contributed by atoms with Crippen LogP contribution in [0.1, 0.15) is 54.9 Å². The third-order valence-corrected chi connectivity index (χ3v) is 4.67. The van der Waals surface area contributed by atoms with E-state index in [1.165, 1.54) is 12.0 Å². The van der Waals surface area contributed by atoms with Crippen LogP contribution in [0.5, 0.6) is 0 Å². The highest BCUT2D eigenvalue weighted by Crippen LogP contribution is 2.21. The summed E-state index contributed by atoms with van der Waals surface area (Å²) < 4.78 is 10.0. The molecular formula is C20H28N2O5. The number of rotatable bonds is 6. The predicted molar refractivity (Wildman–Crippen MR) is 102 cm³/mol. The van der Waals surface area contributed by atoms with Gasteiger partial charge in [-0.25, -0.2) is 9.59 Å². The monoisotopic (exact) mass is 376 g/mol. The minimum atomic E-state index is -0.573. The molecule has 0 unspecified atom stereocenters. The second-order valence-electron chi connectivity index (χ2n) is 6.68. The lowest BCUT2D eigenvalue weighted by Gasteiger charge is -2.33. The van der Waals surface area contributed by atoms with Crippen molar-refractivity contribution in [3.05, 3.63) is 29.3 Å². The number of methoxy groups -OCH3 is 1. The van der Waals surface area contributed by atoms with Gasteiger partial charge >= 0.3 is 12.1 Å².